The van der Waals surface area contributed by atoms with Crippen LogP contribution in [0, 0.1) is 0 Å². The van der Waals surface area contributed by atoms with Crippen molar-refractivity contribution in [3.63, 3.8) is 0 Å². The van der Waals surface area contributed by atoms with E-state index < -0.39 is 42.4 Å². The number of hydrogen-bond donors (Lipinski definition) is 3. The molecule has 0 saturated heterocycles. The van der Waals surface area contributed by atoms with Crippen molar-refractivity contribution in [3.05, 3.63) is 53.1 Å². The zero-order chi connectivity index (χ0) is 28.0. The normalized spacial score (nSPS) is 15.6. The number of phenols is 1. The Morgan fingerprint density at radius 2 is 1.87 bits per heavy atom. The third-order valence-corrected chi connectivity index (χ3v) is 5.93. The number of anilines is 2. The molecule has 0 spiro atoms. The van der Waals surface area contributed by atoms with E-state index in [0.717, 1.165) is 16.9 Å². The maximum absolute atomic E-state index is 13.7. The molecule has 0 aromatic heterocycles. The van der Waals surface area contributed by atoms with Crippen LogP contribution in [0.15, 0.2) is 42.5 Å². The highest BCUT2D eigenvalue weighted by molar-refractivity contribution is 6.32. The third kappa shape index (κ3) is 6.45. The smallest absolute Gasteiger partial charge is 0.414 e. The van der Waals surface area contributed by atoms with E-state index in [9.17, 15) is 33.9 Å². The number of nitrogens with one attached hydrogen (secondary N) is 2. The van der Waals surface area contributed by atoms with Gasteiger partial charge in [0.2, 0.25) is 5.91 Å². The standard InChI is InChI=1S/C25H25ClN4O8/c1-14(32)9-16(13-31)27-22(34)12-29-19-5-3-4-6-20(19)30(25(37)38-2)11-18(24(29)36)28-23(35)15-7-8-21(33)17(26)10-15/h3-8,10,13,16,18,33H,9,11-12H2,1-2H3,(H,27,34)(H,28,35)/t16-,18-/m0/s1. The minimum atomic E-state index is -1.34. The largest absolute Gasteiger partial charge is 0.506 e. The number of carbonyl (C=O) groups excluding carboxylic acids is 6. The number of amides is 4. The fourth-order valence-corrected chi connectivity index (χ4v) is 4.05. The van der Waals surface area contributed by atoms with E-state index in [1.165, 1.54) is 31.2 Å². The van der Waals surface area contributed by atoms with Crippen molar-refractivity contribution in [2.75, 3.05) is 30.0 Å². The number of phenolic OH excluding ortho intramolecular Hbond substituents is 1. The van der Waals surface area contributed by atoms with Crippen LogP contribution in [0.2, 0.25) is 5.02 Å². The molecule has 0 fully saturated rings. The van der Waals surface area contributed by atoms with E-state index in [1.807, 2.05) is 0 Å². The van der Waals surface area contributed by atoms with Crippen molar-refractivity contribution < 1.29 is 38.6 Å². The number of methoxy groups -OCH3 is 1. The minimum Gasteiger partial charge on any atom is -0.506 e. The number of hydrogen-bond acceptors (Lipinski definition) is 8. The fourth-order valence-electron chi connectivity index (χ4n) is 3.87. The molecule has 3 rings (SSSR count). The van der Waals surface area contributed by atoms with Gasteiger partial charge in [-0.1, -0.05) is 23.7 Å². The zero-order valence-corrected chi connectivity index (χ0v) is 21.2. The van der Waals surface area contributed by atoms with Crippen LogP contribution in [0.5, 0.6) is 5.75 Å². The zero-order valence-electron chi connectivity index (χ0n) is 20.5. The summed E-state index contributed by atoms with van der Waals surface area (Å²) < 4.78 is 4.87. The SMILES string of the molecule is COC(=O)N1C[C@H](NC(=O)c2ccc(O)c(Cl)c2)C(=O)N(CC(=O)N[C@H](C=O)CC(C)=O)c2ccccc21. The number of carbonyl (C=O) groups is 6. The van der Waals surface area contributed by atoms with Gasteiger partial charge in [-0.05, 0) is 37.3 Å². The van der Waals surface area contributed by atoms with Crippen LogP contribution < -0.4 is 20.4 Å². The van der Waals surface area contributed by atoms with Crippen LogP contribution in [0.25, 0.3) is 0 Å². The predicted molar refractivity (Wildman–Crippen MR) is 136 cm³/mol. The Hall–Kier alpha value is -4.45. The number of Topliss-reactive ketones (excluding diaryl/α,β-unsaturated/α-hetero) is 1. The molecule has 12 nitrogen and oxygen atoms in total. The molecular formula is C25H25ClN4O8. The predicted octanol–water partition coefficient (Wildman–Crippen LogP) is 1.43. The second kappa shape index (κ2) is 12.2. The molecule has 3 N–H and O–H groups in total. The Morgan fingerprint density at radius 3 is 2.47 bits per heavy atom. The van der Waals surface area contributed by atoms with Crippen molar-refractivity contribution in [2.24, 2.45) is 0 Å². The summed E-state index contributed by atoms with van der Waals surface area (Å²) in [7, 11) is 1.16. The van der Waals surface area contributed by atoms with Gasteiger partial charge >= 0.3 is 6.09 Å². The van der Waals surface area contributed by atoms with E-state index in [0.29, 0.717) is 6.29 Å². The van der Waals surface area contributed by atoms with Gasteiger partial charge in [0.05, 0.1) is 36.1 Å². The molecule has 0 bridgehead atoms. The number of aromatic hydroxyl groups is 1. The van der Waals surface area contributed by atoms with Crippen LogP contribution in [-0.4, -0.2) is 73.3 Å². The highest BCUT2D eigenvalue weighted by Gasteiger charge is 2.38. The number of benzene rings is 2. The Kier molecular flexibility index (Phi) is 9.02. The molecule has 200 valence electrons. The van der Waals surface area contributed by atoms with Gasteiger partial charge in [-0.25, -0.2) is 4.79 Å². The van der Waals surface area contributed by atoms with Crippen LogP contribution in [-0.2, 0) is 23.9 Å². The van der Waals surface area contributed by atoms with Crippen molar-refractivity contribution in [1.82, 2.24) is 10.6 Å². The summed E-state index contributed by atoms with van der Waals surface area (Å²) in [6, 6.07) is 7.55. The average molecular weight is 545 g/mol. The molecule has 1 heterocycles. The highest BCUT2D eigenvalue weighted by atomic mass is 35.5. The molecule has 4 amide bonds. The molecule has 0 radical (unpaired) electrons. The topological polar surface area (TPSA) is 162 Å². The quantitative estimate of drug-likeness (QED) is 0.420. The Labute approximate surface area is 222 Å². The Morgan fingerprint density at radius 1 is 1.18 bits per heavy atom. The van der Waals surface area contributed by atoms with Gasteiger partial charge in [0.25, 0.3) is 11.8 Å². The molecule has 13 heteroatoms. The number of rotatable bonds is 8. The molecule has 1 aliphatic heterocycles. The number of halogens is 1. The van der Waals surface area contributed by atoms with Gasteiger partial charge in [-0.2, -0.15) is 0 Å². The second-order valence-electron chi connectivity index (χ2n) is 8.40. The van der Waals surface area contributed by atoms with Gasteiger partial charge in [0, 0.05) is 12.0 Å². The van der Waals surface area contributed by atoms with E-state index in [4.69, 9.17) is 16.3 Å². The van der Waals surface area contributed by atoms with E-state index >= 15 is 0 Å². The fraction of sp³-hybridized carbons (Fsp3) is 0.280. The number of aldehydes is 1. The summed E-state index contributed by atoms with van der Waals surface area (Å²) >= 11 is 5.90. The Balaban J connectivity index is 1.97. The summed E-state index contributed by atoms with van der Waals surface area (Å²) in [5.41, 5.74) is 0.451. The maximum Gasteiger partial charge on any atom is 0.414 e. The highest BCUT2D eigenvalue weighted by Crippen LogP contribution is 2.33. The van der Waals surface area contributed by atoms with E-state index in [2.05, 4.69) is 10.6 Å². The van der Waals surface area contributed by atoms with Crippen LogP contribution in [0.1, 0.15) is 23.7 Å². The summed E-state index contributed by atoms with van der Waals surface area (Å²) in [5.74, 6) is -2.76. The monoisotopic (exact) mass is 544 g/mol. The average Bonchev–Trinajstić information content (AvgIpc) is 2.99. The number of ether oxygens (including phenoxy) is 1. The first-order chi connectivity index (χ1) is 18.0. The van der Waals surface area contributed by atoms with Crippen molar-refractivity contribution >= 4 is 58.9 Å². The molecule has 0 aliphatic carbocycles. The number of ketones is 1. The van der Waals surface area contributed by atoms with Gasteiger partial charge in [-0.3, -0.25) is 29.0 Å². The molecule has 38 heavy (non-hydrogen) atoms. The van der Waals surface area contributed by atoms with Gasteiger partial charge in [0.15, 0.2) is 0 Å². The summed E-state index contributed by atoms with van der Waals surface area (Å²) in [6.45, 7) is 0.358. The molecule has 0 saturated carbocycles. The minimum absolute atomic E-state index is 0.0364. The number of nitrogens with zero attached hydrogens (tertiary/aromatic N) is 2. The summed E-state index contributed by atoms with van der Waals surface area (Å²) in [4.78, 5) is 77.0. The first-order valence-corrected chi connectivity index (χ1v) is 11.7. The van der Waals surface area contributed by atoms with Crippen molar-refractivity contribution in [2.45, 2.75) is 25.4 Å². The lowest BCUT2D eigenvalue weighted by atomic mass is 10.1. The lowest BCUT2D eigenvalue weighted by Crippen LogP contribution is -2.54. The van der Waals surface area contributed by atoms with E-state index in [-0.39, 0.29) is 46.5 Å². The summed E-state index contributed by atoms with van der Waals surface area (Å²) in [5, 5.41) is 14.5. The molecule has 1 aliphatic rings. The van der Waals surface area contributed by atoms with Gasteiger partial charge < -0.3 is 25.3 Å². The second-order valence-corrected chi connectivity index (χ2v) is 8.81. The maximum atomic E-state index is 13.7. The van der Waals surface area contributed by atoms with Crippen LogP contribution >= 0.6 is 11.6 Å². The van der Waals surface area contributed by atoms with Crippen molar-refractivity contribution in [3.8, 4) is 5.75 Å². The number of fused-ring (bicyclic) bond motifs is 1. The first kappa shape index (κ1) is 28.1. The molecular weight excluding hydrogens is 520 g/mol. The molecule has 2 aromatic rings. The van der Waals surface area contributed by atoms with Crippen molar-refractivity contribution in [1.29, 1.82) is 0 Å². The van der Waals surface area contributed by atoms with Crippen LogP contribution in [0.3, 0.4) is 0 Å². The Bertz CT molecular complexity index is 1280. The lowest BCUT2D eigenvalue weighted by molar-refractivity contribution is -0.126. The van der Waals surface area contributed by atoms with Gasteiger partial charge in [0.1, 0.15) is 30.4 Å². The first-order valence-electron chi connectivity index (χ1n) is 11.3. The number of para-hydroxylation sites is 2. The summed E-state index contributed by atoms with van der Waals surface area (Å²) in [6.07, 6.45) is -0.613. The molecule has 0 unspecified atom stereocenters. The molecule has 2 aromatic carbocycles. The lowest BCUT2D eigenvalue weighted by Gasteiger charge is -2.25. The van der Waals surface area contributed by atoms with E-state index in [1.54, 1.807) is 18.2 Å². The van der Waals surface area contributed by atoms with Crippen LogP contribution in [0.4, 0.5) is 16.2 Å². The molecule has 2 atom stereocenters. The third-order valence-electron chi connectivity index (χ3n) is 5.62. The van der Waals surface area contributed by atoms with Gasteiger partial charge in [-0.15, -0.1) is 0 Å².